The van der Waals surface area contributed by atoms with E-state index in [2.05, 4.69) is 259 Å². The standard InChI is InChI=1S/C45H29N5.C28H19BN3O2.C17H11BrN2/c1-4-14-30(15-5-1)37-29-38(31-16-6-2-7-17-31)48-45(47-37)50-39-22-11-10-20-35(39)43-34(21-12-23-40(43)50)32-25-26-36-42(28-32)49(33-18-8-3-9-19-33)41-24-13-27-46-44(36)41;33-29-34-26-17-9-16-25-27(26)21-14-7-8-15-24(21)32(25)28-30-22(19-10-3-1-4-11-19)18-23(31-28)20-12-5-2-6-13-20;18-12-8-9-14-16(11-12)20(13-5-2-1-3-6-13)15-7-4-10-19-17(14)15/h1-29H;1-18,33H;1-11H. The Morgan fingerprint density at radius 3 is 1.14 bits per heavy atom. The molecule has 104 heavy (non-hydrogen) atoms. The molecule has 0 spiro atoms. The van der Waals surface area contributed by atoms with Crippen LogP contribution in [0.25, 0.3) is 167 Å². The first-order valence-corrected chi connectivity index (χ1v) is 35.0. The second-order valence-electron chi connectivity index (χ2n) is 25.1. The monoisotopic (exact) mass is 1400 g/mol. The second kappa shape index (κ2) is 27.3. The summed E-state index contributed by atoms with van der Waals surface area (Å²) in [7, 11) is 0.709. The molecule has 0 bridgehead atoms. The van der Waals surface area contributed by atoms with Crippen molar-refractivity contribution in [2.75, 3.05) is 0 Å². The Balaban J connectivity index is 0.000000122. The lowest BCUT2D eigenvalue weighted by Gasteiger charge is -2.12. The van der Waals surface area contributed by atoms with Crippen LogP contribution in [0.2, 0.25) is 0 Å². The molecule has 1 radical (unpaired) electrons. The minimum atomic E-state index is 0.566. The molecule has 491 valence electrons. The van der Waals surface area contributed by atoms with Crippen molar-refractivity contribution in [2.24, 2.45) is 0 Å². The van der Waals surface area contributed by atoms with Crippen molar-refractivity contribution in [3.63, 3.8) is 0 Å². The molecule has 0 fully saturated rings. The molecule has 0 amide bonds. The van der Waals surface area contributed by atoms with Gasteiger partial charge in [0.15, 0.2) is 0 Å². The molecule has 8 heterocycles. The average molecular weight is 1400 g/mol. The first-order chi connectivity index (χ1) is 51.5. The van der Waals surface area contributed by atoms with Crippen molar-refractivity contribution in [2.45, 2.75) is 0 Å². The zero-order valence-corrected chi connectivity index (χ0v) is 57.4. The maximum absolute atomic E-state index is 9.32. The maximum Gasteiger partial charge on any atom is 0.569 e. The van der Waals surface area contributed by atoms with Crippen LogP contribution in [0.3, 0.4) is 0 Å². The summed E-state index contributed by atoms with van der Waals surface area (Å²) in [6.45, 7) is 0. The molecule has 0 aliphatic heterocycles. The molecular weight excluding hydrogens is 1340 g/mol. The highest BCUT2D eigenvalue weighted by Gasteiger charge is 2.23. The molecule has 0 atom stereocenters. The second-order valence-corrected chi connectivity index (χ2v) is 26.0. The van der Waals surface area contributed by atoms with Gasteiger partial charge in [-0.25, -0.2) is 19.9 Å². The lowest BCUT2D eigenvalue weighted by molar-refractivity contribution is 0.457. The highest BCUT2D eigenvalue weighted by Crippen LogP contribution is 2.43. The predicted molar refractivity (Wildman–Crippen MR) is 427 cm³/mol. The van der Waals surface area contributed by atoms with Crippen molar-refractivity contribution in [1.29, 1.82) is 0 Å². The van der Waals surface area contributed by atoms with Crippen LogP contribution in [-0.2, 0) is 0 Å². The van der Waals surface area contributed by atoms with E-state index < -0.39 is 0 Å². The minimum Gasteiger partial charge on any atom is -0.537 e. The Kier molecular flexibility index (Phi) is 16.5. The number of para-hydroxylation sites is 4. The average Bonchev–Trinajstić information content (AvgIpc) is 1.51. The van der Waals surface area contributed by atoms with E-state index in [-0.39, 0.29) is 0 Å². The van der Waals surface area contributed by atoms with Crippen LogP contribution in [0.15, 0.2) is 357 Å². The number of hydrogen-bond acceptors (Lipinski definition) is 8. The smallest absolute Gasteiger partial charge is 0.537 e. The largest absolute Gasteiger partial charge is 0.569 e. The predicted octanol–water partition coefficient (Wildman–Crippen LogP) is 21.8. The van der Waals surface area contributed by atoms with E-state index in [0.717, 1.165) is 149 Å². The van der Waals surface area contributed by atoms with Crippen molar-refractivity contribution >= 4 is 111 Å². The normalized spacial score (nSPS) is 11.4. The molecule has 0 unspecified atom stereocenters. The van der Waals surface area contributed by atoms with Crippen molar-refractivity contribution < 1.29 is 9.68 Å². The fourth-order valence-corrected chi connectivity index (χ4v) is 14.8. The quantitative estimate of drug-likeness (QED) is 0.127. The molecule has 8 aromatic heterocycles. The number of pyridine rings is 2. The van der Waals surface area contributed by atoms with Crippen LogP contribution in [0.4, 0.5) is 0 Å². The fourth-order valence-electron chi connectivity index (χ4n) is 14.4. The van der Waals surface area contributed by atoms with Gasteiger partial charge < -0.3 is 18.8 Å². The summed E-state index contributed by atoms with van der Waals surface area (Å²) in [5, 5.41) is 15.8. The summed E-state index contributed by atoms with van der Waals surface area (Å²) in [5.74, 6) is 1.77. The topological polar surface area (TPSA) is 127 Å². The third-order valence-corrected chi connectivity index (χ3v) is 19.5. The minimum absolute atomic E-state index is 0.566. The molecule has 12 nitrogen and oxygen atoms in total. The number of hydrogen-bond donors (Lipinski definition) is 1. The van der Waals surface area contributed by atoms with E-state index in [4.69, 9.17) is 29.6 Å². The summed E-state index contributed by atoms with van der Waals surface area (Å²) in [4.78, 5) is 29.8. The maximum atomic E-state index is 9.32. The van der Waals surface area contributed by atoms with Gasteiger partial charge in [0.05, 0.1) is 77.9 Å². The van der Waals surface area contributed by atoms with Crippen LogP contribution < -0.4 is 4.65 Å². The molecule has 12 aromatic carbocycles. The van der Waals surface area contributed by atoms with Crippen LogP contribution in [-0.4, -0.2) is 60.9 Å². The van der Waals surface area contributed by atoms with Crippen molar-refractivity contribution in [3.05, 3.63) is 357 Å². The number of rotatable bonds is 11. The SMILES string of the molecule is Brc1ccc2c3ncccc3n(-c3ccccc3)c2c1.O[B]Oc1cccc2c1c1ccccc1n2-c1nc(-c2ccccc2)cc(-c2ccccc2)n1.c1ccc(-c2cc(-c3ccccc3)nc(-n3c4ccccc4c4c(-c5ccc6c7ncccc7n(-c7ccccc7)c6c5)cccc43)n2)cc1. The van der Waals surface area contributed by atoms with Crippen LogP contribution in [0.1, 0.15) is 0 Å². The summed E-state index contributed by atoms with van der Waals surface area (Å²) < 4.78 is 15.4. The van der Waals surface area contributed by atoms with Crippen LogP contribution in [0, 0.1) is 0 Å². The van der Waals surface area contributed by atoms with E-state index in [9.17, 15) is 5.02 Å². The molecular formula is C90H59BBrN10O2. The number of benzene rings is 12. The third kappa shape index (κ3) is 11.5. The first kappa shape index (κ1) is 62.8. The Morgan fingerprint density at radius 1 is 0.288 bits per heavy atom. The van der Waals surface area contributed by atoms with Crippen LogP contribution >= 0.6 is 15.9 Å². The summed E-state index contributed by atoms with van der Waals surface area (Å²) >= 11 is 3.56. The van der Waals surface area contributed by atoms with Gasteiger partial charge in [-0.2, -0.15) is 0 Å². The first-order valence-electron chi connectivity index (χ1n) is 34.2. The van der Waals surface area contributed by atoms with E-state index in [1.165, 1.54) is 10.9 Å². The van der Waals surface area contributed by atoms with Gasteiger partial charge in [-0.15, -0.1) is 0 Å². The molecule has 20 aromatic rings. The summed E-state index contributed by atoms with van der Waals surface area (Å²) in [6.07, 6.45) is 3.72. The van der Waals surface area contributed by atoms with Gasteiger partial charge >= 0.3 is 7.69 Å². The summed E-state index contributed by atoms with van der Waals surface area (Å²) in [5.41, 5.74) is 22.6. The molecule has 14 heteroatoms. The van der Waals surface area contributed by atoms with Crippen molar-refractivity contribution in [1.82, 2.24) is 48.2 Å². The van der Waals surface area contributed by atoms with Crippen molar-refractivity contribution in [3.8, 4) is 85.2 Å². The van der Waals surface area contributed by atoms with E-state index in [1.54, 1.807) is 0 Å². The Hall–Kier alpha value is -13.4. The van der Waals surface area contributed by atoms with Crippen LogP contribution in [0.5, 0.6) is 5.75 Å². The highest BCUT2D eigenvalue weighted by atomic mass is 79.9. The number of fused-ring (bicyclic) bond motifs is 12. The Labute approximate surface area is 606 Å². The van der Waals surface area contributed by atoms with Gasteiger partial charge in [0.25, 0.3) is 0 Å². The lowest BCUT2D eigenvalue weighted by atomic mass is 9.98. The van der Waals surface area contributed by atoms with Gasteiger partial charge in [-0.1, -0.05) is 234 Å². The van der Waals surface area contributed by atoms with Gasteiger partial charge in [-0.3, -0.25) is 19.1 Å². The number of nitrogens with zero attached hydrogens (tertiary/aromatic N) is 10. The highest BCUT2D eigenvalue weighted by molar-refractivity contribution is 9.10. The van der Waals surface area contributed by atoms with Gasteiger partial charge in [0.1, 0.15) is 5.75 Å². The third-order valence-electron chi connectivity index (χ3n) is 19.0. The van der Waals surface area contributed by atoms with Gasteiger partial charge in [0, 0.05) is 82.8 Å². The number of halogens is 1. The van der Waals surface area contributed by atoms with E-state index in [1.807, 2.05) is 132 Å². The molecule has 0 aliphatic carbocycles. The Morgan fingerprint density at radius 2 is 0.673 bits per heavy atom. The molecule has 0 saturated heterocycles. The van der Waals surface area contributed by atoms with Gasteiger partial charge in [-0.05, 0) is 132 Å². The molecule has 1 N–H and O–H groups in total. The lowest BCUT2D eigenvalue weighted by Crippen LogP contribution is -2.04. The molecule has 0 saturated carbocycles. The molecule has 0 aliphatic rings. The Bertz CT molecular complexity index is 6460. The van der Waals surface area contributed by atoms with E-state index in [0.29, 0.717) is 25.3 Å². The molecule has 20 rings (SSSR count). The van der Waals surface area contributed by atoms with Gasteiger partial charge in [0.2, 0.25) is 11.9 Å². The zero-order chi connectivity index (χ0) is 69.5. The fraction of sp³-hybridized carbons (Fsp3) is 0. The number of aromatic nitrogens is 10. The van der Waals surface area contributed by atoms with E-state index >= 15 is 0 Å². The zero-order valence-electron chi connectivity index (χ0n) is 55.8. The summed E-state index contributed by atoms with van der Waals surface area (Å²) in [6, 6.07) is 116.